The summed E-state index contributed by atoms with van der Waals surface area (Å²) in [5.74, 6) is 1.53. The average molecular weight is 409 g/mol. The largest absolute Gasteiger partial charge is 0.483 e. The van der Waals surface area contributed by atoms with E-state index in [9.17, 15) is 9.59 Å². The summed E-state index contributed by atoms with van der Waals surface area (Å²) in [6.45, 7) is 4.36. The number of benzene rings is 1. The lowest BCUT2D eigenvalue weighted by Gasteiger charge is -2.18. The highest BCUT2D eigenvalue weighted by Gasteiger charge is 2.32. The van der Waals surface area contributed by atoms with Crippen molar-refractivity contribution in [3.63, 3.8) is 0 Å². The molecule has 156 valence electrons. The fourth-order valence-corrected chi connectivity index (χ4v) is 3.36. The van der Waals surface area contributed by atoms with Crippen LogP contribution in [-0.2, 0) is 17.8 Å². The molecule has 30 heavy (non-hydrogen) atoms. The van der Waals surface area contributed by atoms with Crippen LogP contribution in [0.15, 0.2) is 57.9 Å². The molecule has 1 amide bonds. The van der Waals surface area contributed by atoms with Gasteiger partial charge in [-0.15, -0.1) is 0 Å². The van der Waals surface area contributed by atoms with Crippen LogP contribution in [0.1, 0.15) is 19.4 Å². The third-order valence-electron chi connectivity index (χ3n) is 4.70. The fourth-order valence-electron chi connectivity index (χ4n) is 3.36. The van der Waals surface area contributed by atoms with Crippen LogP contribution in [0.2, 0.25) is 0 Å². The molecule has 0 atom stereocenters. The molecule has 8 nitrogen and oxygen atoms in total. The molecule has 0 saturated heterocycles. The van der Waals surface area contributed by atoms with E-state index in [0.717, 1.165) is 12.0 Å². The van der Waals surface area contributed by atoms with Crippen molar-refractivity contribution < 1.29 is 18.7 Å². The number of hydrogen-bond donors (Lipinski definition) is 1. The Bertz CT molecular complexity index is 1100. The second kappa shape index (κ2) is 8.06. The van der Waals surface area contributed by atoms with Crippen molar-refractivity contribution in [1.29, 1.82) is 0 Å². The van der Waals surface area contributed by atoms with Crippen LogP contribution in [0.25, 0.3) is 11.5 Å². The first kappa shape index (κ1) is 19.8. The van der Waals surface area contributed by atoms with E-state index in [0.29, 0.717) is 23.0 Å². The Labute approximate surface area is 173 Å². The Morgan fingerprint density at radius 1 is 1.23 bits per heavy atom. The summed E-state index contributed by atoms with van der Waals surface area (Å²) in [5, 5.41) is 7.01. The molecule has 3 heterocycles. The van der Waals surface area contributed by atoms with E-state index in [-0.39, 0.29) is 36.8 Å². The van der Waals surface area contributed by atoms with Gasteiger partial charge in [0.2, 0.25) is 0 Å². The summed E-state index contributed by atoms with van der Waals surface area (Å²) in [6.07, 6.45) is 2.34. The zero-order chi connectivity index (χ0) is 21.1. The van der Waals surface area contributed by atoms with Crippen LogP contribution in [0.3, 0.4) is 0 Å². The summed E-state index contributed by atoms with van der Waals surface area (Å²) in [4.78, 5) is 24.2. The number of rotatable bonds is 7. The van der Waals surface area contributed by atoms with Crippen molar-refractivity contribution in [3.05, 3.63) is 64.6 Å². The van der Waals surface area contributed by atoms with E-state index in [2.05, 4.69) is 10.4 Å². The molecule has 0 spiro atoms. The monoisotopic (exact) mass is 409 g/mol. The zero-order valence-corrected chi connectivity index (χ0v) is 16.9. The number of fused-ring (bicyclic) bond motifs is 1. The number of amides is 1. The van der Waals surface area contributed by atoms with Gasteiger partial charge >= 0.3 is 0 Å². The van der Waals surface area contributed by atoms with Gasteiger partial charge in [0, 0.05) is 24.6 Å². The maximum Gasteiger partial charge on any atom is 0.266 e. The van der Waals surface area contributed by atoms with Crippen LogP contribution in [0.5, 0.6) is 11.5 Å². The Balaban J connectivity index is 1.30. The molecular weight excluding hydrogens is 386 g/mol. The maximum atomic E-state index is 12.2. The summed E-state index contributed by atoms with van der Waals surface area (Å²) in [7, 11) is 0. The molecule has 3 aromatic rings. The highest BCUT2D eigenvalue weighted by molar-refractivity contribution is 5.77. The van der Waals surface area contributed by atoms with Crippen molar-refractivity contribution in [2.24, 2.45) is 0 Å². The quantitative estimate of drug-likeness (QED) is 0.644. The maximum absolute atomic E-state index is 12.2. The first-order chi connectivity index (χ1) is 14.4. The summed E-state index contributed by atoms with van der Waals surface area (Å²) in [6, 6.07) is 12.2. The third-order valence-corrected chi connectivity index (χ3v) is 4.70. The minimum atomic E-state index is -0.292. The SMILES string of the molecule is CC1(C)Cc2cccc(OCC(=O)NCCn3nc(-c4ccco4)ccc3=O)c2O1. The Kier molecular flexibility index (Phi) is 5.31. The predicted molar refractivity (Wildman–Crippen MR) is 110 cm³/mol. The molecule has 0 fully saturated rings. The van der Waals surface area contributed by atoms with E-state index in [1.54, 1.807) is 30.5 Å². The van der Waals surface area contributed by atoms with Gasteiger partial charge in [-0.2, -0.15) is 5.10 Å². The minimum Gasteiger partial charge on any atom is -0.483 e. The van der Waals surface area contributed by atoms with Gasteiger partial charge in [-0.05, 0) is 38.1 Å². The molecule has 1 N–H and O–H groups in total. The molecule has 0 unspecified atom stereocenters. The van der Waals surface area contributed by atoms with E-state index >= 15 is 0 Å². The number of carbonyl (C=O) groups excluding carboxylic acids is 1. The highest BCUT2D eigenvalue weighted by atomic mass is 16.5. The van der Waals surface area contributed by atoms with Crippen LogP contribution < -0.4 is 20.3 Å². The first-order valence-electron chi connectivity index (χ1n) is 9.74. The van der Waals surface area contributed by atoms with Gasteiger partial charge in [0.15, 0.2) is 23.9 Å². The number of furan rings is 1. The van der Waals surface area contributed by atoms with Gasteiger partial charge in [-0.3, -0.25) is 9.59 Å². The standard InChI is InChI=1S/C22H23N3O5/c1-22(2)13-15-5-3-6-18(21(15)30-22)29-14-19(26)23-10-11-25-20(27)9-8-16(24-25)17-7-4-12-28-17/h3-9,12H,10-11,13-14H2,1-2H3,(H,23,26). The predicted octanol–water partition coefficient (Wildman–Crippen LogP) is 2.41. The summed E-state index contributed by atoms with van der Waals surface area (Å²) in [5.41, 5.74) is 1.08. The molecule has 1 aliphatic rings. The van der Waals surface area contributed by atoms with E-state index in [4.69, 9.17) is 13.9 Å². The third kappa shape index (κ3) is 4.37. The number of nitrogens with zero attached hydrogens (tertiary/aromatic N) is 2. The van der Waals surface area contributed by atoms with Crippen molar-refractivity contribution in [2.45, 2.75) is 32.4 Å². The van der Waals surface area contributed by atoms with Gasteiger partial charge in [0.05, 0.1) is 12.8 Å². The fraction of sp³-hybridized carbons (Fsp3) is 0.318. The van der Waals surface area contributed by atoms with E-state index in [1.807, 2.05) is 26.0 Å². The number of ether oxygens (including phenoxy) is 2. The van der Waals surface area contributed by atoms with E-state index < -0.39 is 0 Å². The summed E-state index contributed by atoms with van der Waals surface area (Å²) >= 11 is 0. The Morgan fingerprint density at radius 2 is 2.10 bits per heavy atom. The van der Waals surface area contributed by atoms with Crippen molar-refractivity contribution in [3.8, 4) is 23.0 Å². The second-order valence-corrected chi connectivity index (χ2v) is 7.68. The molecule has 2 aromatic heterocycles. The molecule has 1 aliphatic heterocycles. The van der Waals surface area contributed by atoms with Crippen LogP contribution in [0, 0.1) is 0 Å². The molecular formula is C22H23N3O5. The number of carbonyl (C=O) groups is 1. The van der Waals surface area contributed by atoms with Gasteiger partial charge in [0.25, 0.3) is 11.5 Å². The molecule has 0 aliphatic carbocycles. The van der Waals surface area contributed by atoms with Crippen LogP contribution in [-0.4, -0.2) is 34.4 Å². The molecule has 0 radical (unpaired) electrons. The number of nitrogens with one attached hydrogen (secondary N) is 1. The smallest absolute Gasteiger partial charge is 0.266 e. The Morgan fingerprint density at radius 3 is 2.90 bits per heavy atom. The van der Waals surface area contributed by atoms with Gasteiger partial charge in [0.1, 0.15) is 11.3 Å². The van der Waals surface area contributed by atoms with Crippen molar-refractivity contribution in [1.82, 2.24) is 15.1 Å². The van der Waals surface area contributed by atoms with Crippen molar-refractivity contribution >= 4 is 5.91 Å². The van der Waals surface area contributed by atoms with Gasteiger partial charge in [-0.25, -0.2) is 4.68 Å². The van der Waals surface area contributed by atoms with Gasteiger partial charge in [-0.1, -0.05) is 12.1 Å². The number of aromatic nitrogens is 2. The lowest BCUT2D eigenvalue weighted by atomic mass is 10.0. The van der Waals surface area contributed by atoms with Crippen molar-refractivity contribution in [2.75, 3.05) is 13.2 Å². The highest BCUT2D eigenvalue weighted by Crippen LogP contribution is 2.41. The Hall–Kier alpha value is -3.55. The molecule has 1 aromatic carbocycles. The summed E-state index contributed by atoms with van der Waals surface area (Å²) < 4.78 is 18.2. The van der Waals surface area contributed by atoms with Gasteiger partial charge < -0.3 is 19.2 Å². The lowest BCUT2D eigenvalue weighted by molar-refractivity contribution is -0.123. The average Bonchev–Trinajstić information content (AvgIpc) is 3.34. The van der Waals surface area contributed by atoms with Crippen LogP contribution >= 0.6 is 0 Å². The molecule has 8 heteroatoms. The molecule has 4 rings (SSSR count). The molecule has 0 bridgehead atoms. The second-order valence-electron chi connectivity index (χ2n) is 7.68. The molecule has 0 saturated carbocycles. The van der Waals surface area contributed by atoms with E-state index in [1.165, 1.54) is 10.7 Å². The lowest BCUT2D eigenvalue weighted by Crippen LogP contribution is -2.34. The minimum absolute atomic E-state index is 0.144. The number of para-hydroxylation sites is 1. The first-order valence-corrected chi connectivity index (χ1v) is 9.74. The zero-order valence-electron chi connectivity index (χ0n) is 16.9. The normalized spacial score (nSPS) is 14.1. The topological polar surface area (TPSA) is 95.6 Å². The number of hydrogen-bond acceptors (Lipinski definition) is 6. The van der Waals surface area contributed by atoms with Crippen LogP contribution in [0.4, 0.5) is 0 Å².